The second-order valence-electron chi connectivity index (χ2n) is 6.52. The predicted octanol–water partition coefficient (Wildman–Crippen LogP) is 2.56. The Hall–Kier alpha value is -2.09. The van der Waals surface area contributed by atoms with Gasteiger partial charge in [-0.2, -0.15) is 16.8 Å². The molecule has 3 aromatic carbocycles. The van der Waals surface area contributed by atoms with Gasteiger partial charge in [-0.25, -0.2) is 0 Å². The highest BCUT2D eigenvalue weighted by Gasteiger charge is 2.24. The van der Waals surface area contributed by atoms with E-state index in [1.807, 2.05) is 44.2 Å². The summed E-state index contributed by atoms with van der Waals surface area (Å²) in [5.74, 6) is 0. The molecule has 9 heteroatoms. The van der Waals surface area contributed by atoms with Crippen LogP contribution in [0.1, 0.15) is 11.1 Å². The molecule has 6 nitrogen and oxygen atoms in total. The van der Waals surface area contributed by atoms with E-state index in [0.29, 0.717) is 10.6 Å². The molecule has 0 fully saturated rings. The summed E-state index contributed by atoms with van der Waals surface area (Å²) < 4.78 is 65.8. The van der Waals surface area contributed by atoms with E-state index in [9.17, 15) is 25.9 Å². The Labute approximate surface area is 171 Å². The first kappa shape index (κ1) is 21.6. The zero-order valence-electron chi connectivity index (χ0n) is 15.6. The average Bonchev–Trinajstić information content (AvgIpc) is 2.64. The highest BCUT2D eigenvalue weighted by Crippen LogP contribution is 2.36. The van der Waals surface area contributed by atoms with Crippen LogP contribution in [0.5, 0.6) is 0 Å². The van der Waals surface area contributed by atoms with Crippen LogP contribution in [0, 0.1) is 13.8 Å². The standard InChI is InChI=1S/C20H19O6PS2/c1-14-8-10-17(28(21,22)23)12-19(14)27(16-6-4-3-5-7-16)20-13-18(29(24,25)26)11-9-15(20)2/h3-13H,1-2H3,(H,21,22,23)(H,24,25,26). The van der Waals surface area contributed by atoms with Crippen LogP contribution in [0.2, 0.25) is 0 Å². The van der Waals surface area contributed by atoms with Crippen molar-refractivity contribution in [2.75, 3.05) is 0 Å². The molecule has 29 heavy (non-hydrogen) atoms. The highest BCUT2D eigenvalue weighted by atomic mass is 32.2. The maximum atomic E-state index is 11.7. The molecule has 2 N–H and O–H groups in total. The Morgan fingerprint density at radius 1 is 0.655 bits per heavy atom. The average molecular weight is 450 g/mol. The zero-order chi connectivity index (χ0) is 21.4. The maximum absolute atomic E-state index is 11.7. The minimum Gasteiger partial charge on any atom is -0.282 e. The summed E-state index contributed by atoms with van der Waals surface area (Å²) in [5.41, 5.74) is 1.59. The molecular formula is C20H19O6PS2. The molecule has 0 radical (unpaired) electrons. The molecule has 0 heterocycles. The normalized spacial score (nSPS) is 12.3. The summed E-state index contributed by atoms with van der Waals surface area (Å²) in [4.78, 5) is -0.463. The van der Waals surface area contributed by atoms with Gasteiger partial charge in [0, 0.05) is 0 Å². The van der Waals surface area contributed by atoms with Crippen molar-refractivity contribution in [3.63, 3.8) is 0 Å². The van der Waals surface area contributed by atoms with E-state index in [2.05, 4.69) is 0 Å². The van der Waals surface area contributed by atoms with E-state index >= 15 is 0 Å². The molecule has 0 aliphatic rings. The number of benzene rings is 3. The van der Waals surface area contributed by atoms with Gasteiger partial charge in [0.2, 0.25) is 0 Å². The van der Waals surface area contributed by atoms with E-state index in [4.69, 9.17) is 0 Å². The first-order valence-electron chi connectivity index (χ1n) is 8.50. The molecule has 152 valence electrons. The first-order valence-corrected chi connectivity index (χ1v) is 12.7. The molecule has 0 aliphatic carbocycles. The van der Waals surface area contributed by atoms with Crippen LogP contribution in [0.3, 0.4) is 0 Å². The van der Waals surface area contributed by atoms with Crippen molar-refractivity contribution in [3.8, 4) is 0 Å². The molecule has 0 atom stereocenters. The van der Waals surface area contributed by atoms with Crippen LogP contribution in [0.15, 0.2) is 76.5 Å². The fraction of sp³-hybridized carbons (Fsp3) is 0.100. The zero-order valence-corrected chi connectivity index (χ0v) is 18.2. The van der Waals surface area contributed by atoms with E-state index in [-0.39, 0.29) is 9.79 Å². The Kier molecular flexibility index (Phi) is 5.94. The van der Waals surface area contributed by atoms with Gasteiger partial charge in [-0.1, -0.05) is 42.5 Å². The molecule has 0 unspecified atom stereocenters. The van der Waals surface area contributed by atoms with Gasteiger partial charge in [0.1, 0.15) is 0 Å². The molecule has 3 rings (SSSR count). The molecule has 0 saturated heterocycles. The van der Waals surface area contributed by atoms with Crippen LogP contribution < -0.4 is 15.9 Å². The third-order valence-corrected chi connectivity index (χ3v) is 8.89. The lowest BCUT2D eigenvalue weighted by Crippen LogP contribution is -2.25. The summed E-state index contributed by atoms with van der Waals surface area (Å²) in [7, 11) is -10.2. The molecule has 0 amide bonds. The fourth-order valence-corrected chi connectivity index (χ4v) is 6.83. The highest BCUT2D eigenvalue weighted by molar-refractivity contribution is 7.86. The Morgan fingerprint density at radius 3 is 1.45 bits per heavy atom. The van der Waals surface area contributed by atoms with Gasteiger partial charge in [0.25, 0.3) is 20.2 Å². The Bertz CT molecular complexity index is 1190. The summed E-state index contributed by atoms with van der Waals surface area (Å²) in [5, 5.41) is 2.20. The minimum atomic E-state index is -4.41. The molecule has 0 bridgehead atoms. The van der Waals surface area contributed by atoms with Crippen LogP contribution >= 0.6 is 7.92 Å². The van der Waals surface area contributed by atoms with E-state index in [1.54, 1.807) is 12.1 Å². The molecule has 0 aliphatic heterocycles. The number of hydrogen-bond acceptors (Lipinski definition) is 4. The second-order valence-corrected chi connectivity index (χ2v) is 11.5. The van der Waals surface area contributed by atoms with Gasteiger partial charge in [-0.3, -0.25) is 9.11 Å². The minimum absolute atomic E-state index is 0.231. The van der Waals surface area contributed by atoms with E-state index < -0.39 is 28.2 Å². The molecular weight excluding hydrogens is 431 g/mol. The van der Waals surface area contributed by atoms with Crippen LogP contribution in [-0.4, -0.2) is 25.9 Å². The van der Waals surface area contributed by atoms with Gasteiger partial charge < -0.3 is 0 Å². The van der Waals surface area contributed by atoms with E-state index in [1.165, 1.54) is 24.3 Å². The van der Waals surface area contributed by atoms with Gasteiger partial charge in [0.05, 0.1) is 9.79 Å². The van der Waals surface area contributed by atoms with Crippen LogP contribution in [0.25, 0.3) is 0 Å². The SMILES string of the molecule is Cc1ccc(S(=O)(=O)O)cc1P(c1ccccc1)c1cc(S(=O)(=O)O)ccc1C. The van der Waals surface area contributed by atoms with Gasteiger partial charge in [-0.15, -0.1) is 0 Å². The maximum Gasteiger partial charge on any atom is 0.294 e. The van der Waals surface area contributed by atoms with Gasteiger partial charge >= 0.3 is 0 Å². The summed E-state index contributed by atoms with van der Waals surface area (Å²) in [6, 6.07) is 18.0. The van der Waals surface area contributed by atoms with Crippen LogP contribution in [0.4, 0.5) is 0 Å². The quantitative estimate of drug-likeness (QED) is 0.457. The first-order chi connectivity index (χ1) is 13.5. The number of aryl methyl sites for hydroxylation is 2. The van der Waals surface area contributed by atoms with Crippen molar-refractivity contribution in [1.82, 2.24) is 0 Å². The van der Waals surface area contributed by atoms with Gasteiger partial charge in [-0.05, 0) is 73.1 Å². The number of rotatable bonds is 5. The smallest absolute Gasteiger partial charge is 0.282 e. The van der Waals surface area contributed by atoms with Crippen molar-refractivity contribution in [2.45, 2.75) is 23.6 Å². The van der Waals surface area contributed by atoms with Crippen LogP contribution in [-0.2, 0) is 20.2 Å². The monoisotopic (exact) mass is 450 g/mol. The number of hydrogen-bond donors (Lipinski definition) is 2. The lowest BCUT2D eigenvalue weighted by molar-refractivity contribution is 0.481. The predicted molar refractivity (Wildman–Crippen MR) is 114 cm³/mol. The fourth-order valence-electron chi connectivity index (χ4n) is 2.97. The van der Waals surface area contributed by atoms with Crippen molar-refractivity contribution in [2.24, 2.45) is 0 Å². The largest absolute Gasteiger partial charge is 0.294 e. The molecule has 0 saturated carbocycles. The summed E-state index contributed by atoms with van der Waals surface area (Å²) >= 11 is 0. The summed E-state index contributed by atoms with van der Waals surface area (Å²) in [6.45, 7) is 3.65. The summed E-state index contributed by atoms with van der Waals surface area (Å²) in [6.07, 6.45) is 0. The Morgan fingerprint density at radius 2 is 1.07 bits per heavy atom. The molecule has 3 aromatic rings. The van der Waals surface area contributed by atoms with Gasteiger partial charge in [0.15, 0.2) is 0 Å². The van der Waals surface area contributed by atoms with E-state index in [0.717, 1.165) is 16.4 Å². The third-order valence-electron chi connectivity index (χ3n) is 4.45. The molecule has 0 spiro atoms. The van der Waals surface area contributed by atoms with Crippen molar-refractivity contribution in [1.29, 1.82) is 0 Å². The van der Waals surface area contributed by atoms with Crippen molar-refractivity contribution < 1.29 is 25.9 Å². The van der Waals surface area contributed by atoms with Crippen molar-refractivity contribution >= 4 is 44.1 Å². The lowest BCUT2D eigenvalue weighted by Gasteiger charge is -2.24. The van der Waals surface area contributed by atoms with Crippen molar-refractivity contribution in [3.05, 3.63) is 77.9 Å². The topological polar surface area (TPSA) is 109 Å². The molecule has 0 aromatic heterocycles. The third kappa shape index (κ3) is 4.74. The second kappa shape index (κ2) is 7.97. The lowest BCUT2D eigenvalue weighted by atomic mass is 10.2. The Balaban J connectivity index is 2.35.